The molecule has 0 saturated heterocycles. The molecule has 0 fully saturated rings. The van der Waals surface area contributed by atoms with E-state index in [0.717, 1.165) is 0 Å². The van der Waals surface area contributed by atoms with Gasteiger partial charge in [0.1, 0.15) is 0 Å². The zero-order valence-electron chi connectivity index (χ0n) is 28.8. The van der Waals surface area contributed by atoms with Gasteiger partial charge in [0.15, 0.2) is 0 Å². The van der Waals surface area contributed by atoms with Crippen molar-refractivity contribution in [3.05, 3.63) is 188 Å². The third-order valence-corrected chi connectivity index (χ3v) is 13.5. The fraction of sp³-hybridized carbons (Fsp3) is 0. The first-order chi connectivity index (χ1) is 26.3. The molecular weight excluding hydrogens is 676 g/mol. The van der Waals surface area contributed by atoms with E-state index in [1.54, 1.807) is 0 Å². The monoisotopic (exact) mass is 707 g/mol. The zero-order chi connectivity index (χ0) is 34.9. The molecule has 0 unspecified atom stereocenters. The molecule has 2 aliphatic rings. The molecule has 0 radical (unpaired) electrons. The van der Waals surface area contributed by atoms with Gasteiger partial charge in [-0.2, -0.15) is 0 Å². The number of hydrogen-bond donors (Lipinski definition) is 0. The summed E-state index contributed by atoms with van der Waals surface area (Å²) in [5.41, 5.74) is 14.2. The summed E-state index contributed by atoms with van der Waals surface area (Å²) in [7, 11) is 0. The van der Waals surface area contributed by atoms with Crippen LogP contribution in [-0.4, -0.2) is 18.0 Å². The van der Waals surface area contributed by atoms with E-state index >= 15 is 0 Å². The summed E-state index contributed by atoms with van der Waals surface area (Å²) in [6.45, 7) is 0.230. The van der Waals surface area contributed by atoms with Crippen LogP contribution in [0.3, 0.4) is 0 Å². The molecule has 9 aromatic rings. The molecule has 0 aliphatic carbocycles. The van der Waals surface area contributed by atoms with Crippen molar-refractivity contribution >= 4 is 91.5 Å². The number of rotatable bonds is 4. The fourth-order valence-electron chi connectivity index (χ4n) is 8.83. The average Bonchev–Trinajstić information content (AvgIpc) is 3.56. The van der Waals surface area contributed by atoms with Gasteiger partial charge in [-0.1, -0.05) is 202 Å². The van der Waals surface area contributed by atoms with E-state index in [-0.39, 0.29) is 13.4 Å². The third-order valence-electron chi connectivity index (χ3n) is 11.1. The fourth-order valence-corrected chi connectivity index (χ4v) is 11.1. The van der Waals surface area contributed by atoms with Crippen LogP contribution >= 0.6 is 23.5 Å². The Labute approximate surface area is 318 Å². The van der Waals surface area contributed by atoms with Crippen molar-refractivity contribution < 1.29 is 0 Å². The van der Waals surface area contributed by atoms with Gasteiger partial charge in [-0.3, -0.25) is 0 Å². The third kappa shape index (κ3) is 4.91. The highest BCUT2D eigenvalue weighted by atomic mass is 32.2. The lowest BCUT2D eigenvalue weighted by molar-refractivity contribution is 1.18. The minimum absolute atomic E-state index is 0.111. The van der Waals surface area contributed by atoms with Crippen molar-refractivity contribution in [2.75, 3.05) is 0 Å². The van der Waals surface area contributed by atoms with Crippen molar-refractivity contribution in [1.82, 2.24) is 4.57 Å². The number of aromatic nitrogens is 1. The topological polar surface area (TPSA) is 4.93 Å². The van der Waals surface area contributed by atoms with Crippen molar-refractivity contribution in [3.8, 4) is 16.8 Å². The molecule has 0 N–H and O–H groups in total. The number of nitrogens with zero attached hydrogens (tertiary/aromatic N) is 1. The molecule has 3 heterocycles. The molecule has 0 saturated carbocycles. The first-order valence-electron chi connectivity index (χ1n) is 18.2. The van der Waals surface area contributed by atoms with Crippen LogP contribution in [-0.2, 0) is 0 Å². The van der Waals surface area contributed by atoms with E-state index in [0.29, 0.717) is 0 Å². The second-order valence-corrected chi connectivity index (χ2v) is 16.1. The van der Waals surface area contributed by atoms with Crippen LogP contribution in [0.2, 0.25) is 0 Å². The summed E-state index contributed by atoms with van der Waals surface area (Å²) in [5, 5.41) is 2.54. The maximum atomic E-state index is 2.52. The Morgan fingerprint density at radius 3 is 1.28 bits per heavy atom. The molecule has 0 spiro atoms. The Kier molecular flexibility index (Phi) is 7.31. The highest BCUT2D eigenvalue weighted by molar-refractivity contribution is 8.00. The number of fused-ring (bicyclic) bond motifs is 7. The zero-order valence-corrected chi connectivity index (χ0v) is 30.4. The second kappa shape index (κ2) is 12.5. The summed E-state index contributed by atoms with van der Waals surface area (Å²) in [6, 6.07) is 70.1. The smallest absolute Gasteiger partial charge is 0.244 e. The van der Waals surface area contributed by atoms with Crippen molar-refractivity contribution in [2.45, 2.75) is 19.6 Å². The summed E-state index contributed by atoms with van der Waals surface area (Å²) < 4.78 is 2.52. The number of benzene rings is 8. The molecule has 5 heteroatoms. The Morgan fingerprint density at radius 1 is 0.340 bits per heavy atom. The van der Waals surface area contributed by atoms with E-state index in [9.17, 15) is 0 Å². The van der Waals surface area contributed by atoms with Crippen LogP contribution in [0.1, 0.15) is 0 Å². The standard InChI is InChI=1S/C48H31B2NS2/c1-4-18-37(50-40-21-7-13-27-47(40)53-48-28-14-8-22-41(48)50)33(15-1)36-30-29-32(49-38-19-5-11-25-45(38)52-46-26-12-6-20-39(46)49)31-44(36)51-42-23-9-2-16-34(42)35-17-3-10-24-43(35)51/h1-31H. The number of hydrogen-bond acceptors (Lipinski definition) is 2. The minimum atomic E-state index is 0.111. The lowest BCUT2D eigenvalue weighted by atomic mass is 9.35. The van der Waals surface area contributed by atoms with Crippen LogP contribution in [0.15, 0.2) is 208 Å². The predicted molar refractivity (Wildman–Crippen MR) is 230 cm³/mol. The van der Waals surface area contributed by atoms with E-state index in [4.69, 9.17) is 0 Å². The van der Waals surface area contributed by atoms with Gasteiger partial charge >= 0.3 is 0 Å². The van der Waals surface area contributed by atoms with Gasteiger partial charge in [-0.15, -0.1) is 0 Å². The largest absolute Gasteiger partial charge is 0.309 e. The average molecular weight is 708 g/mol. The van der Waals surface area contributed by atoms with E-state index in [1.165, 1.54) is 91.0 Å². The van der Waals surface area contributed by atoms with E-state index < -0.39 is 0 Å². The van der Waals surface area contributed by atoms with Gasteiger partial charge < -0.3 is 4.57 Å². The first kappa shape index (κ1) is 31.0. The molecule has 0 amide bonds. The molecular formula is C48H31B2NS2. The van der Waals surface area contributed by atoms with Crippen LogP contribution in [0, 0.1) is 0 Å². The Hall–Kier alpha value is -5.61. The maximum absolute atomic E-state index is 2.52. The van der Waals surface area contributed by atoms with Crippen molar-refractivity contribution in [2.24, 2.45) is 0 Å². The molecule has 2 aliphatic heterocycles. The van der Waals surface area contributed by atoms with Crippen molar-refractivity contribution in [1.29, 1.82) is 0 Å². The Balaban J connectivity index is 1.21. The normalized spacial score (nSPS) is 13.1. The van der Waals surface area contributed by atoms with Crippen LogP contribution in [0.25, 0.3) is 38.6 Å². The van der Waals surface area contributed by atoms with Crippen LogP contribution in [0.4, 0.5) is 0 Å². The summed E-state index contributed by atoms with van der Waals surface area (Å²) in [4.78, 5) is 5.32. The molecule has 1 aromatic heterocycles. The lowest BCUT2D eigenvalue weighted by Gasteiger charge is -2.29. The van der Waals surface area contributed by atoms with Crippen LogP contribution < -0.4 is 32.8 Å². The number of para-hydroxylation sites is 2. The first-order valence-corrected chi connectivity index (χ1v) is 19.9. The molecule has 8 aromatic carbocycles. The molecule has 1 nitrogen and oxygen atoms in total. The highest BCUT2D eigenvalue weighted by Gasteiger charge is 2.35. The second-order valence-electron chi connectivity index (χ2n) is 14.0. The van der Waals surface area contributed by atoms with Crippen molar-refractivity contribution in [3.63, 3.8) is 0 Å². The van der Waals surface area contributed by atoms with E-state index in [2.05, 4.69) is 193 Å². The summed E-state index contributed by atoms with van der Waals surface area (Å²) >= 11 is 3.77. The van der Waals surface area contributed by atoms with Crippen LogP contribution in [0.5, 0.6) is 0 Å². The summed E-state index contributed by atoms with van der Waals surface area (Å²) in [5.74, 6) is 0. The highest BCUT2D eigenvalue weighted by Crippen LogP contribution is 2.37. The van der Waals surface area contributed by atoms with E-state index in [1.807, 2.05) is 23.5 Å². The Morgan fingerprint density at radius 2 is 0.755 bits per heavy atom. The van der Waals surface area contributed by atoms with Gasteiger partial charge in [-0.25, -0.2) is 0 Å². The lowest BCUT2D eigenvalue weighted by Crippen LogP contribution is -2.56. The molecule has 53 heavy (non-hydrogen) atoms. The maximum Gasteiger partial charge on any atom is 0.244 e. The Bertz CT molecular complexity index is 2750. The van der Waals surface area contributed by atoms with Gasteiger partial charge in [0.2, 0.25) is 13.4 Å². The van der Waals surface area contributed by atoms with Gasteiger partial charge in [-0.05, 0) is 48.0 Å². The van der Waals surface area contributed by atoms with Gasteiger partial charge in [0.05, 0.1) is 16.7 Å². The molecule has 0 bridgehead atoms. The minimum Gasteiger partial charge on any atom is -0.309 e. The molecule has 0 atom stereocenters. The SMILES string of the molecule is c1ccc2c(c1)Sc1ccccc1B2c1ccc(-c2ccccc2B2c3ccccc3Sc3ccccc32)c(-n2c3ccccc3c3ccccc32)c1. The molecule has 246 valence electrons. The van der Waals surface area contributed by atoms with Gasteiger partial charge in [0, 0.05) is 35.9 Å². The molecule has 11 rings (SSSR count). The van der Waals surface area contributed by atoms with Gasteiger partial charge in [0.25, 0.3) is 0 Å². The quantitative estimate of drug-likeness (QED) is 0.169. The summed E-state index contributed by atoms with van der Waals surface area (Å²) in [6.07, 6.45) is 0. The predicted octanol–water partition coefficient (Wildman–Crippen LogP) is 8.41.